The van der Waals surface area contributed by atoms with Crippen molar-refractivity contribution in [1.82, 2.24) is 4.90 Å². The Hall–Kier alpha value is -5.13. The van der Waals surface area contributed by atoms with E-state index >= 15 is 26.3 Å². The van der Waals surface area contributed by atoms with Crippen molar-refractivity contribution in [2.75, 3.05) is 4.90 Å². The molecule has 6 rings (SSSR count). The van der Waals surface area contributed by atoms with Crippen LogP contribution in [0.15, 0.2) is 84.9 Å². The zero-order valence-corrected chi connectivity index (χ0v) is 28.6. The summed E-state index contributed by atoms with van der Waals surface area (Å²) >= 11 is 0. The number of amides is 3. The molecule has 0 bridgehead atoms. The number of hydrogen-bond acceptors (Lipinski definition) is 4. The summed E-state index contributed by atoms with van der Waals surface area (Å²) in [5, 5.41) is 0. The molecule has 51 heavy (non-hydrogen) atoms. The van der Waals surface area contributed by atoms with Gasteiger partial charge in [-0.1, -0.05) is 51.1 Å². The number of benzene rings is 4. The van der Waals surface area contributed by atoms with Gasteiger partial charge in [-0.2, -0.15) is 26.3 Å². The maximum absolute atomic E-state index is 15.1. The highest BCUT2D eigenvalue weighted by Crippen LogP contribution is 2.57. The summed E-state index contributed by atoms with van der Waals surface area (Å²) in [7, 11) is 0. The Kier molecular flexibility index (Phi) is 8.20. The Morgan fingerprint density at radius 2 is 1.02 bits per heavy atom. The summed E-state index contributed by atoms with van der Waals surface area (Å²) in [6.45, 7) is 11.1. The Bertz CT molecular complexity index is 2040. The maximum atomic E-state index is 15.1. The van der Waals surface area contributed by atoms with Gasteiger partial charge in [0.05, 0.1) is 16.8 Å². The van der Waals surface area contributed by atoms with Crippen LogP contribution in [0.2, 0.25) is 0 Å². The number of carbonyl (C=O) groups excluding carboxylic acids is 3. The standard InChI is InChI=1S/C39H34F6N2O4/c1-35(2,3)23-7-13-27(14-8-23)51-28-15-11-26(12-16-28)47-33(49)30-18-10-25(20-31(30)34(47)50)37(38(40,41)42,39(43,44)45)24-9-17-29-22(19-24)21-46(32(29)48)36(4,5)6/h7-20H,21H2,1-6H3. The summed E-state index contributed by atoms with van der Waals surface area (Å²) in [5.74, 6) is -1.60. The van der Waals surface area contributed by atoms with E-state index in [0.717, 1.165) is 23.8 Å². The summed E-state index contributed by atoms with van der Waals surface area (Å²) in [5.41, 5.74) is -7.65. The van der Waals surface area contributed by atoms with E-state index in [1.165, 1.54) is 29.2 Å². The predicted octanol–water partition coefficient (Wildman–Crippen LogP) is 9.74. The lowest BCUT2D eigenvalue weighted by Gasteiger charge is -2.38. The molecule has 0 saturated heterocycles. The molecule has 12 heteroatoms. The number of nitrogens with zero attached hydrogens (tertiary/aromatic N) is 2. The fourth-order valence-electron chi connectivity index (χ4n) is 6.61. The predicted molar refractivity (Wildman–Crippen MR) is 178 cm³/mol. The maximum Gasteiger partial charge on any atom is 0.411 e. The number of fused-ring (bicyclic) bond motifs is 2. The van der Waals surface area contributed by atoms with Crippen LogP contribution in [-0.4, -0.2) is 40.5 Å². The topological polar surface area (TPSA) is 66.9 Å². The smallest absolute Gasteiger partial charge is 0.411 e. The molecule has 2 heterocycles. The minimum atomic E-state index is -5.95. The van der Waals surface area contributed by atoms with Crippen LogP contribution >= 0.6 is 0 Å². The van der Waals surface area contributed by atoms with E-state index in [9.17, 15) is 14.4 Å². The van der Waals surface area contributed by atoms with Gasteiger partial charge in [-0.05, 0) is 103 Å². The number of hydrogen-bond donors (Lipinski definition) is 0. The normalized spacial score (nSPS) is 15.4. The molecule has 4 aromatic rings. The van der Waals surface area contributed by atoms with Crippen molar-refractivity contribution in [2.45, 2.75) is 76.8 Å². The van der Waals surface area contributed by atoms with E-state index < -0.39 is 57.7 Å². The first-order chi connectivity index (χ1) is 23.6. The zero-order valence-electron chi connectivity index (χ0n) is 28.6. The van der Waals surface area contributed by atoms with E-state index in [2.05, 4.69) is 20.8 Å². The van der Waals surface area contributed by atoms with Crippen molar-refractivity contribution >= 4 is 23.4 Å². The Labute approximate surface area is 290 Å². The van der Waals surface area contributed by atoms with Gasteiger partial charge in [0.1, 0.15) is 11.5 Å². The molecule has 2 aliphatic heterocycles. The summed E-state index contributed by atoms with van der Waals surface area (Å²) < 4.78 is 96.5. The number of imide groups is 1. The van der Waals surface area contributed by atoms with Gasteiger partial charge < -0.3 is 9.64 Å². The van der Waals surface area contributed by atoms with Crippen LogP contribution in [0.25, 0.3) is 0 Å². The second kappa shape index (κ2) is 11.7. The molecule has 0 spiro atoms. The number of ether oxygens (including phenoxy) is 1. The largest absolute Gasteiger partial charge is 0.457 e. The monoisotopic (exact) mass is 708 g/mol. The van der Waals surface area contributed by atoms with Crippen molar-refractivity contribution in [1.29, 1.82) is 0 Å². The molecule has 0 aromatic heterocycles. The molecule has 0 unspecified atom stereocenters. The molecule has 0 radical (unpaired) electrons. The van der Waals surface area contributed by atoms with E-state index in [1.54, 1.807) is 32.9 Å². The second-order valence-corrected chi connectivity index (χ2v) is 14.8. The second-order valence-electron chi connectivity index (χ2n) is 14.8. The van der Waals surface area contributed by atoms with E-state index in [1.807, 2.05) is 12.1 Å². The number of rotatable bonds is 5. The van der Waals surface area contributed by atoms with Crippen LogP contribution < -0.4 is 9.64 Å². The average Bonchev–Trinajstić information content (AvgIpc) is 3.49. The number of carbonyl (C=O) groups is 3. The van der Waals surface area contributed by atoms with E-state index in [0.29, 0.717) is 34.6 Å². The third-order valence-corrected chi connectivity index (χ3v) is 9.37. The fourth-order valence-corrected chi connectivity index (χ4v) is 6.61. The first-order valence-electron chi connectivity index (χ1n) is 16.1. The zero-order chi connectivity index (χ0) is 37.5. The van der Waals surface area contributed by atoms with Crippen molar-refractivity contribution in [3.8, 4) is 11.5 Å². The fraction of sp³-hybridized carbons (Fsp3) is 0.308. The quantitative estimate of drug-likeness (QED) is 0.153. The van der Waals surface area contributed by atoms with Crippen LogP contribution in [0.3, 0.4) is 0 Å². The van der Waals surface area contributed by atoms with Gasteiger partial charge in [0.15, 0.2) is 0 Å². The van der Waals surface area contributed by atoms with Gasteiger partial charge >= 0.3 is 12.4 Å². The molecule has 0 N–H and O–H groups in total. The first kappa shape index (κ1) is 35.7. The van der Waals surface area contributed by atoms with Gasteiger partial charge in [-0.3, -0.25) is 14.4 Å². The number of halogens is 6. The molecule has 6 nitrogen and oxygen atoms in total. The minimum absolute atomic E-state index is 0.00662. The molecule has 0 aliphatic carbocycles. The van der Waals surface area contributed by atoms with Crippen LogP contribution in [0.5, 0.6) is 11.5 Å². The summed E-state index contributed by atoms with van der Waals surface area (Å²) in [6, 6.07) is 17.5. The van der Waals surface area contributed by atoms with E-state index in [4.69, 9.17) is 4.74 Å². The molecule has 0 fully saturated rings. The SMILES string of the molecule is CC(C)(C)c1ccc(Oc2ccc(N3C(=O)c4ccc(C(c5ccc6c(c5)CN(C(C)(C)C)C6=O)(C(F)(F)F)C(F)(F)F)cc4C3=O)cc2)cc1. The van der Waals surface area contributed by atoms with Crippen molar-refractivity contribution in [3.63, 3.8) is 0 Å². The third kappa shape index (κ3) is 5.84. The molecule has 266 valence electrons. The summed E-state index contributed by atoms with van der Waals surface area (Å²) in [6.07, 6.45) is -11.9. The number of alkyl halides is 6. The lowest BCUT2D eigenvalue weighted by atomic mass is 9.71. The van der Waals surface area contributed by atoms with Crippen molar-refractivity contribution in [3.05, 3.63) is 124 Å². The Morgan fingerprint density at radius 3 is 1.53 bits per heavy atom. The Balaban J connectivity index is 1.35. The minimum Gasteiger partial charge on any atom is -0.457 e. The molecular formula is C39H34F6N2O4. The highest BCUT2D eigenvalue weighted by Gasteiger charge is 2.73. The molecule has 4 aromatic carbocycles. The highest BCUT2D eigenvalue weighted by atomic mass is 19.4. The average molecular weight is 709 g/mol. The van der Waals surface area contributed by atoms with Crippen molar-refractivity contribution < 1.29 is 45.5 Å². The number of anilines is 1. The van der Waals surface area contributed by atoms with E-state index in [-0.39, 0.29) is 34.3 Å². The van der Waals surface area contributed by atoms with Crippen LogP contribution in [0, 0.1) is 0 Å². The lowest BCUT2D eigenvalue weighted by molar-refractivity contribution is -0.288. The third-order valence-electron chi connectivity index (χ3n) is 9.37. The molecule has 0 atom stereocenters. The Morgan fingerprint density at radius 1 is 0.549 bits per heavy atom. The summed E-state index contributed by atoms with van der Waals surface area (Å²) in [4.78, 5) is 42.0. The van der Waals surface area contributed by atoms with Gasteiger partial charge in [0, 0.05) is 17.6 Å². The van der Waals surface area contributed by atoms with Crippen LogP contribution in [-0.2, 0) is 17.4 Å². The van der Waals surface area contributed by atoms with Gasteiger partial charge in [-0.15, -0.1) is 0 Å². The van der Waals surface area contributed by atoms with Crippen LogP contribution in [0.4, 0.5) is 32.0 Å². The highest BCUT2D eigenvalue weighted by molar-refractivity contribution is 6.34. The molecule has 3 amide bonds. The molecule has 2 aliphatic rings. The van der Waals surface area contributed by atoms with Crippen LogP contribution in [0.1, 0.15) is 94.9 Å². The van der Waals surface area contributed by atoms with Gasteiger partial charge in [0.2, 0.25) is 5.41 Å². The molecule has 0 saturated carbocycles. The van der Waals surface area contributed by atoms with Gasteiger partial charge in [0.25, 0.3) is 17.7 Å². The molecular weight excluding hydrogens is 674 g/mol. The first-order valence-corrected chi connectivity index (χ1v) is 16.1. The lowest BCUT2D eigenvalue weighted by Crippen LogP contribution is -2.55. The van der Waals surface area contributed by atoms with Crippen molar-refractivity contribution in [2.24, 2.45) is 0 Å². The van der Waals surface area contributed by atoms with Gasteiger partial charge in [-0.25, -0.2) is 4.90 Å².